The highest BCUT2D eigenvalue weighted by molar-refractivity contribution is 6.24. The molecule has 196 valence electrons. The molecule has 9 heteroatoms. The molecular formula is C29H28N2O7. The van der Waals surface area contributed by atoms with Crippen LogP contribution in [0.3, 0.4) is 0 Å². The summed E-state index contributed by atoms with van der Waals surface area (Å²) in [6.07, 6.45) is -1.04. The van der Waals surface area contributed by atoms with E-state index in [0.717, 1.165) is 16.2 Å². The molecule has 3 aromatic rings. The molecule has 2 heterocycles. The standard InChI is InChI=1S/C29H28N2O7/c1-5-37-29(34)18-10-12-19(13-11-18)30-27(32)24-25(21-15-14-20(35-3)16-23(21)36-4)31(38-26(24)28(30)33)22-9-7-6-8-17(22)2/h6-16,24-26H,5H2,1-4H3. The lowest BCUT2D eigenvalue weighted by Gasteiger charge is -2.30. The van der Waals surface area contributed by atoms with Crippen LogP contribution in [0.4, 0.5) is 11.4 Å². The molecule has 0 N–H and O–H groups in total. The molecule has 3 aromatic carbocycles. The van der Waals surface area contributed by atoms with Gasteiger partial charge in [0.05, 0.1) is 43.8 Å². The second-order valence-electron chi connectivity index (χ2n) is 9.00. The highest BCUT2D eigenvalue weighted by atomic mass is 16.7. The lowest BCUT2D eigenvalue weighted by molar-refractivity contribution is -0.126. The third-order valence-electron chi connectivity index (χ3n) is 6.86. The van der Waals surface area contributed by atoms with E-state index in [0.29, 0.717) is 28.3 Å². The van der Waals surface area contributed by atoms with Crippen molar-refractivity contribution >= 4 is 29.2 Å². The number of ether oxygens (including phenoxy) is 3. The molecule has 0 radical (unpaired) electrons. The van der Waals surface area contributed by atoms with Gasteiger partial charge in [-0.25, -0.2) is 14.8 Å². The largest absolute Gasteiger partial charge is 0.497 e. The number of amides is 2. The number of carbonyl (C=O) groups excluding carboxylic acids is 3. The van der Waals surface area contributed by atoms with E-state index >= 15 is 0 Å². The first-order valence-electron chi connectivity index (χ1n) is 12.3. The zero-order valence-corrected chi connectivity index (χ0v) is 21.5. The molecule has 3 unspecified atom stereocenters. The minimum absolute atomic E-state index is 0.248. The number of anilines is 2. The van der Waals surface area contributed by atoms with Crippen LogP contribution in [0.15, 0.2) is 66.7 Å². The molecule has 5 rings (SSSR count). The summed E-state index contributed by atoms with van der Waals surface area (Å²) in [6.45, 7) is 3.91. The Morgan fingerprint density at radius 3 is 2.34 bits per heavy atom. The number of carbonyl (C=O) groups is 3. The first-order chi connectivity index (χ1) is 18.4. The van der Waals surface area contributed by atoms with Crippen LogP contribution in [0.2, 0.25) is 0 Å². The van der Waals surface area contributed by atoms with Crippen LogP contribution in [0.5, 0.6) is 11.5 Å². The second-order valence-corrected chi connectivity index (χ2v) is 9.00. The zero-order valence-electron chi connectivity index (χ0n) is 21.5. The zero-order chi connectivity index (χ0) is 27.0. The molecule has 9 nitrogen and oxygen atoms in total. The summed E-state index contributed by atoms with van der Waals surface area (Å²) in [5.74, 6) is -1.08. The van der Waals surface area contributed by atoms with Gasteiger partial charge in [-0.2, -0.15) is 0 Å². The predicted molar refractivity (Wildman–Crippen MR) is 139 cm³/mol. The number of nitrogens with zero attached hydrogens (tertiary/aromatic N) is 2. The number of imide groups is 1. The highest BCUT2D eigenvalue weighted by Gasteiger charge is 2.61. The van der Waals surface area contributed by atoms with Crippen molar-refractivity contribution in [2.24, 2.45) is 5.92 Å². The molecule has 0 bridgehead atoms. The molecule has 0 saturated carbocycles. The van der Waals surface area contributed by atoms with E-state index in [1.165, 1.54) is 12.1 Å². The Morgan fingerprint density at radius 1 is 0.947 bits per heavy atom. The number of hydrogen-bond acceptors (Lipinski definition) is 8. The Balaban J connectivity index is 1.56. The van der Waals surface area contributed by atoms with Gasteiger partial charge >= 0.3 is 5.97 Å². The van der Waals surface area contributed by atoms with Gasteiger partial charge < -0.3 is 14.2 Å². The fourth-order valence-electron chi connectivity index (χ4n) is 5.03. The first kappa shape index (κ1) is 25.3. The van der Waals surface area contributed by atoms with Gasteiger partial charge in [0.25, 0.3) is 5.91 Å². The van der Waals surface area contributed by atoms with Gasteiger partial charge in [0, 0.05) is 11.6 Å². The predicted octanol–water partition coefficient (Wildman–Crippen LogP) is 4.24. The maximum Gasteiger partial charge on any atom is 0.338 e. The molecule has 2 amide bonds. The highest BCUT2D eigenvalue weighted by Crippen LogP contribution is 2.50. The molecule has 2 aliphatic rings. The third-order valence-corrected chi connectivity index (χ3v) is 6.86. The van der Waals surface area contributed by atoms with E-state index in [4.69, 9.17) is 19.0 Å². The summed E-state index contributed by atoms with van der Waals surface area (Å²) in [4.78, 5) is 47.0. The minimum atomic E-state index is -1.04. The van der Waals surface area contributed by atoms with E-state index in [1.807, 2.05) is 37.3 Å². The molecule has 0 aromatic heterocycles. The van der Waals surface area contributed by atoms with Gasteiger partial charge in [0.1, 0.15) is 17.4 Å². The van der Waals surface area contributed by atoms with Crippen LogP contribution in [0, 0.1) is 12.8 Å². The van der Waals surface area contributed by atoms with Gasteiger partial charge in [-0.3, -0.25) is 14.4 Å². The van der Waals surface area contributed by atoms with Crippen LogP contribution in [0.1, 0.15) is 34.5 Å². The van der Waals surface area contributed by atoms with E-state index in [9.17, 15) is 14.4 Å². The molecule has 3 atom stereocenters. The quantitative estimate of drug-likeness (QED) is 0.340. The number of aryl methyl sites for hydroxylation is 1. The maximum absolute atomic E-state index is 13.9. The molecule has 0 spiro atoms. The Bertz CT molecular complexity index is 1390. The summed E-state index contributed by atoms with van der Waals surface area (Å²) >= 11 is 0. The van der Waals surface area contributed by atoms with Crippen LogP contribution < -0.4 is 19.4 Å². The smallest absolute Gasteiger partial charge is 0.338 e. The number of hydrogen-bond donors (Lipinski definition) is 0. The number of fused-ring (bicyclic) bond motifs is 1. The molecule has 0 aliphatic carbocycles. The maximum atomic E-state index is 13.9. The van der Waals surface area contributed by atoms with Crippen molar-refractivity contribution in [2.45, 2.75) is 26.0 Å². The summed E-state index contributed by atoms with van der Waals surface area (Å²) < 4.78 is 16.1. The van der Waals surface area contributed by atoms with Crippen molar-refractivity contribution in [3.63, 3.8) is 0 Å². The van der Waals surface area contributed by atoms with Crippen LogP contribution in [0.25, 0.3) is 0 Å². The van der Waals surface area contributed by atoms with Gasteiger partial charge in [0.15, 0.2) is 6.10 Å². The monoisotopic (exact) mass is 516 g/mol. The van der Waals surface area contributed by atoms with Gasteiger partial charge in [-0.15, -0.1) is 0 Å². The Kier molecular flexibility index (Phi) is 6.77. The summed E-state index contributed by atoms with van der Waals surface area (Å²) in [7, 11) is 3.11. The van der Waals surface area contributed by atoms with E-state index in [1.54, 1.807) is 50.5 Å². The SMILES string of the molecule is CCOC(=O)c1ccc(N2C(=O)C3ON(c4ccccc4C)C(c4ccc(OC)cc4OC)C3C2=O)cc1. The summed E-state index contributed by atoms with van der Waals surface area (Å²) in [6, 6.07) is 18.5. The van der Waals surface area contributed by atoms with Crippen molar-refractivity contribution in [3.05, 3.63) is 83.4 Å². The molecule has 2 aliphatic heterocycles. The minimum Gasteiger partial charge on any atom is -0.497 e. The van der Waals surface area contributed by atoms with Crippen molar-refractivity contribution < 1.29 is 33.4 Å². The lowest BCUT2D eigenvalue weighted by atomic mass is 9.89. The summed E-state index contributed by atoms with van der Waals surface area (Å²) in [5.41, 5.74) is 3.04. The Morgan fingerprint density at radius 2 is 1.68 bits per heavy atom. The number of esters is 1. The lowest BCUT2D eigenvalue weighted by Crippen LogP contribution is -2.37. The first-order valence-corrected chi connectivity index (χ1v) is 12.3. The van der Waals surface area contributed by atoms with Crippen molar-refractivity contribution in [2.75, 3.05) is 30.8 Å². The molecule has 2 fully saturated rings. The molecule has 38 heavy (non-hydrogen) atoms. The third kappa shape index (κ3) is 4.14. The average molecular weight is 517 g/mol. The van der Waals surface area contributed by atoms with Crippen LogP contribution >= 0.6 is 0 Å². The Hall–Kier alpha value is -4.37. The molecular weight excluding hydrogens is 488 g/mol. The molecule has 2 saturated heterocycles. The van der Waals surface area contributed by atoms with E-state index in [-0.39, 0.29) is 6.61 Å². The van der Waals surface area contributed by atoms with E-state index in [2.05, 4.69) is 0 Å². The van der Waals surface area contributed by atoms with E-state index < -0.39 is 35.8 Å². The van der Waals surface area contributed by atoms with Crippen LogP contribution in [-0.2, 0) is 19.2 Å². The van der Waals surface area contributed by atoms with Gasteiger partial charge in [-0.05, 0) is 61.9 Å². The average Bonchev–Trinajstić information content (AvgIpc) is 3.44. The van der Waals surface area contributed by atoms with Crippen molar-refractivity contribution in [1.29, 1.82) is 0 Å². The fraction of sp³-hybridized carbons (Fsp3) is 0.276. The number of benzene rings is 3. The fourth-order valence-corrected chi connectivity index (χ4v) is 5.03. The normalized spacial score (nSPS) is 20.5. The number of para-hydroxylation sites is 1. The number of rotatable bonds is 7. The Labute approximate surface area is 220 Å². The van der Waals surface area contributed by atoms with Crippen molar-refractivity contribution in [3.8, 4) is 11.5 Å². The summed E-state index contributed by atoms with van der Waals surface area (Å²) in [5, 5.41) is 1.64. The van der Waals surface area contributed by atoms with Gasteiger partial charge in [0.2, 0.25) is 5.91 Å². The number of hydroxylamine groups is 1. The second kappa shape index (κ2) is 10.2. The van der Waals surface area contributed by atoms with Gasteiger partial charge in [-0.1, -0.05) is 18.2 Å². The number of methoxy groups -OCH3 is 2. The van der Waals surface area contributed by atoms with Crippen LogP contribution in [-0.4, -0.2) is 44.7 Å². The topological polar surface area (TPSA) is 94.6 Å². The van der Waals surface area contributed by atoms with Crippen molar-refractivity contribution in [1.82, 2.24) is 0 Å².